The fraction of sp³-hybridized carbons (Fsp3) is 0.500. The Bertz CT molecular complexity index is 1010. The van der Waals surface area contributed by atoms with Gasteiger partial charge in [0, 0.05) is 43.0 Å². The number of anilines is 1. The number of nitrogens with zero attached hydrogens (tertiary/aromatic N) is 3. The predicted octanol–water partition coefficient (Wildman–Crippen LogP) is 2.97. The first-order valence-corrected chi connectivity index (χ1v) is 12.1. The standard InChI is InChI=1S/C26H32N4O3/c27-24(32)19-4-2-18(3-5-19)20-6-11-23(28-16-20)29-14-1-12-26(17-29)13-15-30(25(26)33)21-7-9-22(31)10-8-21/h2-6,11,16,21-22,31H,1,7-10,12-15,17H2,(H2,27,32)/t21-,22-,26-/m0/s1. The molecule has 1 aromatic carbocycles. The molecule has 1 aliphatic carbocycles. The second kappa shape index (κ2) is 8.78. The average Bonchev–Trinajstić information content (AvgIpc) is 3.15. The number of carbonyl (C=O) groups excluding carboxylic acids is 2. The van der Waals surface area contributed by atoms with Crippen molar-refractivity contribution in [2.24, 2.45) is 11.1 Å². The summed E-state index contributed by atoms with van der Waals surface area (Å²) in [5.41, 5.74) is 7.46. The van der Waals surface area contributed by atoms with Crippen molar-refractivity contribution in [3.8, 4) is 11.1 Å². The van der Waals surface area contributed by atoms with Gasteiger partial charge in [-0.15, -0.1) is 0 Å². The van der Waals surface area contributed by atoms with E-state index < -0.39 is 5.91 Å². The van der Waals surface area contributed by atoms with Gasteiger partial charge in [0.25, 0.3) is 0 Å². The van der Waals surface area contributed by atoms with Crippen LogP contribution in [-0.4, -0.2) is 58.6 Å². The molecule has 0 bridgehead atoms. The van der Waals surface area contributed by atoms with Crippen LogP contribution in [0.3, 0.4) is 0 Å². The van der Waals surface area contributed by atoms with E-state index >= 15 is 0 Å². The lowest BCUT2D eigenvalue weighted by atomic mass is 9.78. The second-order valence-electron chi connectivity index (χ2n) is 9.86. The molecule has 5 rings (SSSR count). The van der Waals surface area contributed by atoms with E-state index in [1.54, 1.807) is 12.1 Å². The molecule has 2 saturated heterocycles. The van der Waals surface area contributed by atoms with E-state index in [1.165, 1.54) is 0 Å². The number of carbonyl (C=O) groups is 2. The van der Waals surface area contributed by atoms with Crippen molar-refractivity contribution < 1.29 is 14.7 Å². The number of rotatable bonds is 4. The van der Waals surface area contributed by atoms with Crippen molar-refractivity contribution >= 4 is 17.6 Å². The van der Waals surface area contributed by atoms with E-state index in [9.17, 15) is 14.7 Å². The maximum absolute atomic E-state index is 13.5. The number of aliphatic hydroxyl groups is 1. The van der Waals surface area contributed by atoms with Gasteiger partial charge in [0.2, 0.25) is 11.8 Å². The highest BCUT2D eigenvalue weighted by molar-refractivity contribution is 5.93. The second-order valence-corrected chi connectivity index (χ2v) is 9.86. The van der Waals surface area contributed by atoms with Crippen molar-refractivity contribution in [1.29, 1.82) is 0 Å². The Hall–Kier alpha value is -2.93. The van der Waals surface area contributed by atoms with Crippen LogP contribution < -0.4 is 10.6 Å². The lowest BCUT2D eigenvalue weighted by Crippen LogP contribution is -2.50. The highest BCUT2D eigenvalue weighted by atomic mass is 16.3. The molecule has 3 fully saturated rings. The van der Waals surface area contributed by atoms with Gasteiger partial charge < -0.3 is 20.6 Å². The van der Waals surface area contributed by atoms with Crippen LogP contribution in [0.25, 0.3) is 11.1 Å². The highest BCUT2D eigenvalue weighted by Crippen LogP contribution is 2.43. The average molecular weight is 449 g/mol. The van der Waals surface area contributed by atoms with Gasteiger partial charge in [0.1, 0.15) is 5.82 Å². The van der Waals surface area contributed by atoms with E-state index in [1.807, 2.05) is 30.5 Å². The number of nitrogens with two attached hydrogens (primary N) is 1. The summed E-state index contributed by atoms with van der Waals surface area (Å²) in [6.07, 6.45) is 7.92. The summed E-state index contributed by atoms with van der Waals surface area (Å²) in [4.78, 5) is 33.9. The molecule has 2 amide bonds. The number of benzene rings is 1. The molecule has 33 heavy (non-hydrogen) atoms. The zero-order valence-electron chi connectivity index (χ0n) is 18.9. The van der Waals surface area contributed by atoms with Gasteiger partial charge in [0.15, 0.2) is 0 Å². The molecular weight excluding hydrogens is 416 g/mol. The van der Waals surface area contributed by atoms with Crippen molar-refractivity contribution in [2.45, 2.75) is 57.1 Å². The van der Waals surface area contributed by atoms with Crippen molar-refractivity contribution in [3.63, 3.8) is 0 Å². The lowest BCUT2D eigenvalue weighted by molar-refractivity contribution is -0.139. The normalized spacial score (nSPS) is 27.8. The third kappa shape index (κ3) is 4.22. The molecule has 1 saturated carbocycles. The SMILES string of the molecule is NC(=O)c1ccc(-c2ccc(N3CCC[C@]4(CCN([C@H]5CC[C@H](O)CC5)C4=O)C3)nc2)cc1. The molecule has 1 aromatic heterocycles. The Morgan fingerprint density at radius 1 is 1.00 bits per heavy atom. The fourth-order valence-corrected chi connectivity index (χ4v) is 5.84. The summed E-state index contributed by atoms with van der Waals surface area (Å²) in [6.45, 7) is 2.46. The number of hydrogen-bond donors (Lipinski definition) is 2. The molecule has 0 unspecified atom stereocenters. The van der Waals surface area contributed by atoms with Crippen LogP contribution in [0.4, 0.5) is 5.82 Å². The first kappa shape index (κ1) is 21.9. The molecule has 1 atom stereocenters. The van der Waals surface area contributed by atoms with Gasteiger partial charge in [-0.25, -0.2) is 4.98 Å². The maximum Gasteiger partial charge on any atom is 0.248 e. The number of aromatic nitrogens is 1. The number of aliphatic hydroxyl groups excluding tert-OH is 1. The first-order valence-electron chi connectivity index (χ1n) is 12.1. The minimum Gasteiger partial charge on any atom is -0.393 e. The Labute approximate surface area is 194 Å². The zero-order valence-corrected chi connectivity index (χ0v) is 18.9. The van der Waals surface area contributed by atoms with Crippen LogP contribution in [0.15, 0.2) is 42.6 Å². The van der Waals surface area contributed by atoms with E-state index in [4.69, 9.17) is 10.7 Å². The molecule has 174 valence electrons. The molecular formula is C26H32N4O3. The lowest BCUT2D eigenvalue weighted by Gasteiger charge is -2.41. The van der Waals surface area contributed by atoms with Gasteiger partial charge in [-0.05, 0) is 74.8 Å². The smallest absolute Gasteiger partial charge is 0.248 e. The van der Waals surface area contributed by atoms with Crippen LogP contribution in [0.1, 0.15) is 55.3 Å². The number of hydrogen-bond acceptors (Lipinski definition) is 5. The van der Waals surface area contributed by atoms with Crippen LogP contribution in [0, 0.1) is 5.41 Å². The third-order valence-electron chi connectivity index (χ3n) is 7.80. The van der Waals surface area contributed by atoms with Gasteiger partial charge in [0.05, 0.1) is 11.5 Å². The zero-order chi connectivity index (χ0) is 23.0. The largest absolute Gasteiger partial charge is 0.393 e. The number of amides is 2. The minimum absolute atomic E-state index is 0.201. The summed E-state index contributed by atoms with van der Waals surface area (Å²) in [7, 11) is 0. The summed E-state index contributed by atoms with van der Waals surface area (Å²) >= 11 is 0. The van der Waals surface area contributed by atoms with Gasteiger partial charge in [-0.2, -0.15) is 0 Å². The molecule has 0 radical (unpaired) electrons. The minimum atomic E-state index is -0.435. The quantitative estimate of drug-likeness (QED) is 0.749. The summed E-state index contributed by atoms with van der Waals surface area (Å²) in [6, 6.07) is 11.6. The van der Waals surface area contributed by atoms with Crippen molar-refractivity contribution in [1.82, 2.24) is 9.88 Å². The molecule has 7 heteroatoms. The molecule has 3 heterocycles. The third-order valence-corrected chi connectivity index (χ3v) is 7.80. The Kier molecular flexibility index (Phi) is 5.83. The Balaban J connectivity index is 1.28. The number of primary amides is 1. The topological polar surface area (TPSA) is 99.8 Å². The molecule has 2 aliphatic heterocycles. The first-order chi connectivity index (χ1) is 15.9. The van der Waals surface area contributed by atoms with E-state index in [-0.39, 0.29) is 17.6 Å². The van der Waals surface area contributed by atoms with E-state index in [0.29, 0.717) is 11.5 Å². The van der Waals surface area contributed by atoms with Crippen LogP contribution in [0.5, 0.6) is 0 Å². The summed E-state index contributed by atoms with van der Waals surface area (Å²) in [5.74, 6) is 0.772. The van der Waals surface area contributed by atoms with Gasteiger partial charge in [-0.1, -0.05) is 12.1 Å². The van der Waals surface area contributed by atoms with E-state index in [2.05, 4.69) is 9.80 Å². The van der Waals surface area contributed by atoms with Gasteiger partial charge >= 0.3 is 0 Å². The highest BCUT2D eigenvalue weighted by Gasteiger charge is 2.50. The molecule has 3 N–H and O–H groups in total. The van der Waals surface area contributed by atoms with Crippen molar-refractivity contribution in [3.05, 3.63) is 48.2 Å². The number of pyridine rings is 1. The molecule has 3 aliphatic rings. The predicted molar refractivity (Wildman–Crippen MR) is 127 cm³/mol. The molecule has 2 aromatic rings. The molecule has 7 nitrogen and oxygen atoms in total. The summed E-state index contributed by atoms with van der Waals surface area (Å²) in [5, 5.41) is 9.83. The van der Waals surface area contributed by atoms with Crippen LogP contribution in [-0.2, 0) is 4.79 Å². The van der Waals surface area contributed by atoms with Crippen LogP contribution >= 0.6 is 0 Å². The molecule has 1 spiro atoms. The number of likely N-dealkylation sites (tertiary alicyclic amines) is 1. The van der Waals surface area contributed by atoms with Crippen LogP contribution in [0.2, 0.25) is 0 Å². The monoisotopic (exact) mass is 448 g/mol. The van der Waals surface area contributed by atoms with Gasteiger partial charge in [-0.3, -0.25) is 9.59 Å². The fourth-order valence-electron chi connectivity index (χ4n) is 5.84. The Morgan fingerprint density at radius 2 is 1.73 bits per heavy atom. The summed E-state index contributed by atoms with van der Waals surface area (Å²) < 4.78 is 0. The maximum atomic E-state index is 13.5. The Morgan fingerprint density at radius 3 is 2.39 bits per heavy atom. The number of piperidine rings is 1. The van der Waals surface area contributed by atoms with Crippen molar-refractivity contribution in [2.75, 3.05) is 24.5 Å². The van der Waals surface area contributed by atoms with E-state index in [0.717, 1.165) is 81.5 Å².